The molecule has 0 bridgehead atoms. The second-order valence-corrected chi connectivity index (χ2v) is 2.39. The molecule has 1 rings (SSSR count). The van der Waals surface area contributed by atoms with Crippen molar-refractivity contribution in [3.63, 3.8) is 0 Å². The molecule has 1 N–H and O–H groups in total. The standard InChI is InChI=1S/C6H10O2.Co/c7-6(8)4-5-2-1-3-5;/h5H,1-4H2,(H,7,8);. The molecule has 1 radical (unpaired) electrons. The van der Waals surface area contributed by atoms with Crippen molar-refractivity contribution in [1.82, 2.24) is 0 Å². The van der Waals surface area contributed by atoms with Crippen molar-refractivity contribution >= 4 is 5.97 Å². The molecule has 0 saturated heterocycles. The topological polar surface area (TPSA) is 37.3 Å². The Labute approximate surface area is 64.8 Å². The Morgan fingerprint density at radius 1 is 1.56 bits per heavy atom. The van der Waals surface area contributed by atoms with Gasteiger partial charge in [-0.25, -0.2) is 0 Å². The van der Waals surface area contributed by atoms with E-state index < -0.39 is 5.97 Å². The molecule has 9 heavy (non-hydrogen) atoms. The monoisotopic (exact) mass is 173 g/mol. The van der Waals surface area contributed by atoms with E-state index in [-0.39, 0.29) is 16.8 Å². The number of carbonyl (C=O) groups is 1. The quantitative estimate of drug-likeness (QED) is 0.682. The maximum Gasteiger partial charge on any atom is 0.303 e. The average Bonchev–Trinajstić information content (AvgIpc) is 1.55. The summed E-state index contributed by atoms with van der Waals surface area (Å²) in [7, 11) is 0. The van der Waals surface area contributed by atoms with Crippen LogP contribution in [0.1, 0.15) is 25.7 Å². The number of carboxylic acid groups (broad SMARTS) is 1. The van der Waals surface area contributed by atoms with Gasteiger partial charge >= 0.3 is 5.97 Å². The molecule has 1 aliphatic carbocycles. The van der Waals surface area contributed by atoms with Gasteiger partial charge < -0.3 is 5.11 Å². The van der Waals surface area contributed by atoms with Gasteiger partial charge in [0.1, 0.15) is 0 Å². The number of hydrogen-bond acceptors (Lipinski definition) is 1. The van der Waals surface area contributed by atoms with Gasteiger partial charge in [0.15, 0.2) is 0 Å². The molecule has 0 heterocycles. The number of aliphatic carboxylic acids is 1. The summed E-state index contributed by atoms with van der Waals surface area (Å²) < 4.78 is 0. The fraction of sp³-hybridized carbons (Fsp3) is 0.833. The Hall–Kier alpha value is -0.0235. The molecular formula is C6H10CoO2. The number of rotatable bonds is 2. The molecule has 0 unspecified atom stereocenters. The fourth-order valence-corrected chi connectivity index (χ4v) is 0.944. The van der Waals surface area contributed by atoms with Crippen molar-refractivity contribution in [2.75, 3.05) is 0 Å². The molecule has 2 nitrogen and oxygen atoms in total. The van der Waals surface area contributed by atoms with Crippen LogP contribution in [0.15, 0.2) is 0 Å². The van der Waals surface area contributed by atoms with Crippen LogP contribution in [0.5, 0.6) is 0 Å². The van der Waals surface area contributed by atoms with Crippen LogP contribution < -0.4 is 0 Å². The molecule has 0 spiro atoms. The predicted octanol–water partition coefficient (Wildman–Crippen LogP) is 1.26. The third-order valence-corrected chi connectivity index (χ3v) is 1.69. The molecule has 55 valence electrons. The van der Waals surface area contributed by atoms with Crippen LogP contribution in [0.4, 0.5) is 0 Å². The summed E-state index contributed by atoms with van der Waals surface area (Å²) in [5, 5.41) is 8.25. The van der Waals surface area contributed by atoms with Crippen molar-refractivity contribution in [2.45, 2.75) is 25.7 Å². The van der Waals surface area contributed by atoms with Crippen molar-refractivity contribution < 1.29 is 26.7 Å². The first kappa shape index (κ1) is 8.98. The van der Waals surface area contributed by atoms with E-state index in [1.807, 2.05) is 0 Å². The van der Waals surface area contributed by atoms with E-state index in [4.69, 9.17) is 5.11 Å². The molecule has 0 aromatic rings. The molecule has 1 aliphatic rings. The SMILES string of the molecule is O=C(O)CC1CCC1.[Co]. The summed E-state index contributed by atoms with van der Waals surface area (Å²) in [5.74, 6) is -0.137. The molecule has 0 aliphatic heterocycles. The predicted molar refractivity (Wildman–Crippen MR) is 29.6 cm³/mol. The number of carboxylic acids is 1. The minimum absolute atomic E-state index is 0. The molecular weight excluding hydrogens is 163 g/mol. The van der Waals surface area contributed by atoms with Gasteiger partial charge in [0.05, 0.1) is 0 Å². The second-order valence-electron chi connectivity index (χ2n) is 2.39. The molecule has 0 aromatic heterocycles. The Morgan fingerprint density at radius 2 is 2.11 bits per heavy atom. The van der Waals surface area contributed by atoms with Crippen LogP contribution in [-0.4, -0.2) is 11.1 Å². The van der Waals surface area contributed by atoms with Crippen molar-refractivity contribution in [2.24, 2.45) is 5.92 Å². The first-order valence-corrected chi connectivity index (χ1v) is 3.01. The minimum Gasteiger partial charge on any atom is -0.481 e. The molecule has 3 heteroatoms. The van der Waals surface area contributed by atoms with E-state index in [1.54, 1.807) is 0 Å². The van der Waals surface area contributed by atoms with Crippen LogP contribution in [0.2, 0.25) is 0 Å². The molecule has 0 amide bonds. The average molecular weight is 173 g/mol. The third kappa shape index (κ3) is 2.86. The summed E-state index contributed by atoms with van der Waals surface area (Å²) >= 11 is 0. The van der Waals surface area contributed by atoms with Gasteiger partial charge in [0.2, 0.25) is 0 Å². The Bertz CT molecular complexity index is 99.2. The van der Waals surface area contributed by atoms with Crippen LogP contribution >= 0.6 is 0 Å². The Morgan fingerprint density at radius 3 is 2.22 bits per heavy atom. The van der Waals surface area contributed by atoms with Gasteiger partial charge in [-0.2, -0.15) is 0 Å². The maximum atomic E-state index is 10.0. The van der Waals surface area contributed by atoms with Gasteiger partial charge in [-0.05, 0) is 18.8 Å². The largest absolute Gasteiger partial charge is 0.481 e. The van der Waals surface area contributed by atoms with Crippen LogP contribution in [0, 0.1) is 5.92 Å². The van der Waals surface area contributed by atoms with Crippen molar-refractivity contribution in [3.05, 3.63) is 0 Å². The van der Waals surface area contributed by atoms with Crippen molar-refractivity contribution in [3.8, 4) is 0 Å². The Kier molecular flexibility index (Phi) is 3.89. The Balaban J connectivity index is 0.000000640. The summed E-state index contributed by atoms with van der Waals surface area (Å²) in [6.07, 6.45) is 3.89. The normalized spacial score (nSPS) is 17.8. The molecule has 0 atom stereocenters. The van der Waals surface area contributed by atoms with E-state index in [0.29, 0.717) is 12.3 Å². The summed E-state index contributed by atoms with van der Waals surface area (Å²) in [6.45, 7) is 0. The maximum absolute atomic E-state index is 10.0. The molecule has 1 fully saturated rings. The van der Waals surface area contributed by atoms with Crippen LogP contribution in [0.25, 0.3) is 0 Å². The van der Waals surface area contributed by atoms with Crippen molar-refractivity contribution in [1.29, 1.82) is 0 Å². The van der Waals surface area contributed by atoms with E-state index in [9.17, 15) is 4.79 Å². The zero-order valence-electron chi connectivity index (χ0n) is 5.09. The van der Waals surface area contributed by atoms with Crippen LogP contribution in [0.3, 0.4) is 0 Å². The summed E-state index contributed by atoms with van der Waals surface area (Å²) in [6, 6.07) is 0. The number of hydrogen-bond donors (Lipinski definition) is 1. The first-order chi connectivity index (χ1) is 3.79. The van der Waals surface area contributed by atoms with E-state index >= 15 is 0 Å². The van der Waals surface area contributed by atoms with E-state index in [1.165, 1.54) is 6.42 Å². The minimum atomic E-state index is -0.644. The zero-order chi connectivity index (χ0) is 5.98. The van der Waals surface area contributed by atoms with Crippen LogP contribution in [-0.2, 0) is 21.6 Å². The third-order valence-electron chi connectivity index (χ3n) is 1.69. The second kappa shape index (κ2) is 3.90. The van der Waals surface area contributed by atoms with E-state index in [0.717, 1.165) is 12.8 Å². The summed E-state index contributed by atoms with van der Waals surface area (Å²) in [4.78, 5) is 10.0. The van der Waals surface area contributed by atoms with Gasteiger partial charge in [0.25, 0.3) is 0 Å². The zero-order valence-corrected chi connectivity index (χ0v) is 6.14. The molecule has 0 aromatic carbocycles. The molecule has 1 saturated carbocycles. The summed E-state index contributed by atoms with van der Waals surface area (Å²) in [5.41, 5.74) is 0. The smallest absolute Gasteiger partial charge is 0.303 e. The van der Waals surface area contributed by atoms with Gasteiger partial charge in [0, 0.05) is 23.2 Å². The first-order valence-electron chi connectivity index (χ1n) is 3.01. The van der Waals surface area contributed by atoms with E-state index in [2.05, 4.69) is 0 Å². The van der Waals surface area contributed by atoms with Gasteiger partial charge in [-0.1, -0.05) is 6.42 Å². The van der Waals surface area contributed by atoms with Gasteiger partial charge in [-0.3, -0.25) is 4.79 Å². The van der Waals surface area contributed by atoms with Gasteiger partial charge in [-0.15, -0.1) is 0 Å². The fourth-order valence-electron chi connectivity index (χ4n) is 0.944.